The fourth-order valence-corrected chi connectivity index (χ4v) is 5.21. The third-order valence-electron chi connectivity index (χ3n) is 7.41. The lowest BCUT2D eigenvalue weighted by molar-refractivity contribution is -0.140. The van der Waals surface area contributed by atoms with E-state index in [1.54, 1.807) is 12.1 Å². The summed E-state index contributed by atoms with van der Waals surface area (Å²) in [7, 11) is 1.38. The summed E-state index contributed by atoms with van der Waals surface area (Å²) in [5, 5.41) is 9.13. The number of carboxylic acids is 1. The van der Waals surface area contributed by atoms with E-state index in [0.29, 0.717) is 17.4 Å². The summed E-state index contributed by atoms with van der Waals surface area (Å²) in [6, 6.07) is 17.9. The number of aromatic nitrogens is 2. The van der Waals surface area contributed by atoms with E-state index in [1.165, 1.54) is 37.2 Å². The number of carbonyl (C=O) groups excluding carboxylic acids is 1. The van der Waals surface area contributed by atoms with Gasteiger partial charge in [0.25, 0.3) is 0 Å². The van der Waals surface area contributed by atoms with Gasteiger partial charge in [0, 0.05) is 24.5 Å². The Balaban J connectivity index is 0.000000165. The minimum Gasteiger partial charge on any atom is -0.481 e. The molecule has 2 aliphatic rings. The Morgan fingerprint density at radius 3 is 1.63 bits per heavy atom. The van der Waals surface area contributed by atoms with Gasteiger partial charge < -0.3 is 9.84 Å². The molecule has 2 aliphatic carbocycles. The smallest absolute Gasteiger partial charge is 0.310 e. The second kappa shape index (κ2) is 12.4. The minimum absolute atomic E-state index is 0.0358. The van der Waals surface area contributed by atoms with Gasteiger partial charge in [-0.2, -0.15) is 8.78 Å². The van der Waals surface area contributed by atoms with Crippen LogP contribution in [0.5, 0.6) is 0 Å². The number of nitrogens with zero attached hydrogens (tertiary/aromatic N) is 2. The molecule has 6 nitrogen and oxygen atoms in total. The van der Waals surface area contributed by atoms with Crippen LogP contribution in [0, 0.1) is 11.9 Å². The number of carbonyl (C=O) groups is 2. The van der Waals surface area contributed by atoms with Crippen molar-refractivity contribution in [1.82, 2.24) is 9.97 Å². The van der Waals surface area contributed by atoms with Gasteiger partial charge in [-0.15, -0.1) is 0 Å². The van der Waals surface area contributed by atoms with Crippen LogP contribution in [0.3, 0.4) is 0 Å². The molecular weight excluding hydrogens is 526 g/mol. The normalized spacial score (nSPS) is 14.1. The largest absolute Gasteiger partial charge is 0.481 e. The van der Waals surface area contributed by atoms with E-state index in [2.05, 4.69) is 16.0 Å². The van der Waals surface area contributed by atoms with Crippen LogP contribution in [0.4, 0.5) is 8.78 Å². The first kappa shape index (κ1) is 28.1. The SMILES string of the molecule is COC(=O)Cc1c(-c2ccnc(F)c2)cccc1C1CC1.O=C(O)Cc1c(-c2ccnc(F)c2)cccc1C1CC1. The van der Waals surface area contributed by atoms with Crippen molar-refractivity contribution in [3.63, 3.8) is 0 Å². The number of carboxylic acid groups (broad SMARTS) is 1. The first-order chi connectivity index (χ1) is 19.8. The Kier molecular flexibility index (Phi) is 8.47. The first-order valence-electron chi connectivity index (χ1n) is 13.6. The molecule has 41 heavy (non-hydrogen) atoms. The summed E-state index contributed by atoms with van der Waals surface area (Å²) in [5.74, 6) is -1.26. The third kappa shape index (κ3) is 7.01. The maximum Gasteiger partial charge on any atom is 0.310 e. The molecule has 0 saturated heterocycles. The van der Waals surface area contributed by atoms with Crippen molar-refractivity contribution < 1.29 is 28.2 Å². The average molecular weight is 557 g/mol. The maximum atomic E-state index is 13.4. The number of benzene rings is 2. The number of ether oxygens (including phenoxy) is 1. The predicted molar refractivity (Wildman–Crippen MR) is 150 cm³/mol. The summed E-state index contributed by atoms with van der Waals surface area (Å²) in [6.07, 6.45) is 7.50. The standard InChI is InChI=1S/C17H16FNO2.C16H14FNO2/c1-21-17(20)10-15-13(11-5-6-11)3-2-4-14(15)12-7-8-19-16(18)9-12;17-15-8-11(6-7-18-15)13-3-1-2-12(10-4-5-10)14(13)9-16(19)20/h2-4,7-9,11H,5-6,10H2,1H3;1-3,6-8,10H,4-5,9H2,(H,19,20). The van der Waals surface area contributed by atoms with E-state index in [4.69, 9.17) is 9.84 Å². The highest BCUT2D eigenvalue weighted by Gasteiger charge is 2.29. The van der Waals surface area contributed by atoms with Gasteiger partial charge in [-0.1, -0.05) is 36.4 Å². The highest BCUT2D eigenvalue weighted by molar-refractivity contribution is 5.79. The van der Waals surface area contributed by atoms with Gasteiger partial charge >= 0.3 is 11.9 Å². The van der Waals surface area contributed by atoms with Crippen molar-refractivity contribution in [2.24, 2.45) is 0 Å². The monoisotopic (exact) mass is 556 g/mol. The summed E-state index contributed by atoms with van der Waals surface area (Å²) >= 11 is 0. The fraction of sp³-hybridized carbons (Fsp3) is 0.273. The van der Waals surface area contributed by atoms with E-state index >= 15 is 0 Å². The molecule has 0 spiro atoms. The molecule has 6 rings (SSSR count). The Labute approximate surface area is 237 Å². The molecule has 0 radical (unpaired) electrons. The number of pyridine rings is 2. The molecule has 1 N–H and O–H groups in total. The molecule has 0 atom stereocenters. The lowest BCUT2D eigenvalue weighted by Gasteiger charge is -2.14. The van der Waals surface area contributed by atoms with Crippen LogP contribution in [-0.4, -0.2) is 34.1 Å². The summed E-state index contributed by atoms with van der Waals surface area (Å²) < 4.78 is 31.5. The Morgan fingerprint density at radius 1 is 0.780 bits per heavy atom. The van der Waals surface area contributed by atoms with Gasteiger partial charge in [0.1, 0.15) is 0 Å². The van der Waals surface area contributed by atoms with E-state index in [1.807, 2.05) is 30.3 Å². The minimum atomic E-state index is -0.867. The van der Waals surface area contributed by atoms with Gasteiger partial charge in [0.2, 0.25) is 11.9 Å². The Morgan fingerprint density at radius 2 is 1.24 bits per heavy atom. The molecule has 2 saturated carbocycles. The van der Waals surface area contributed by atoms with E-state index in [-0.39, 0.29) is 18.8 Å². The highest BCUT2D eigenvalue weighted by Crippen LogP contribution is 2.45. The van der Waals surface area contributed by atoms with Crippen LogP contribution in [0.25, 0.3) is 22.3 Å². The molecule has 2 heterocycles. The number of aliphatic carboxylic acids is 1. The number of rotatable bonds is 8. The molecule has 4 aromatic rings. The number of methoxy groups -OCH3 is 1. The Hall–Kier alpha value is -4.46. The van der Waals surface area contributed by atoms with Crippen LogP contribution in [0.2, 0.25) is 0 Å². The fourth-order valence-electron chi connectivity index (χ4n) is 5.21. The molecule has 2 fully saturated rings. The quantitative estimate of drug-likeness (QED) is 0.188. The molecule has 0 aliphatic heterocycles. The second-order valence-corrected chi connectivity index (χ2v) is 10.4. The van der Waals surface area contributed by atoms with Gasteiger partial charge in [0.05, 0.1) is 20.0 Å². The van der Waals surface area contributed by atoms with Crippen LogP contribution in [0.15, 0.2) is 73.1 Å². The van der Waals surface area contributed by atoms with Crippen LogP contribution in [-0.2, 0) is 27.2 Å². The molecule has 0 bridgehead atoms. The molecule has 0 amide bonds. The van der Waals surface area contributed by atoms with E-state index < -0.39 is 17.9 Å². The highest BCUT2D eigenvalue weighted by atomic mass is 19.1. The van der Waals surface area contributed by atoms with Crippen molar-refractivity contribution in [3.8, 4) is 22.3 Å². The molecule has 2 aromatic heterocycles. The average Bonchev–Trinajstić information content (AvgIpc) is 3.87. The van der Waals surface area contributed by atoms with Gasteiger partial charge in [0.15, 0.2) is 0 Å². The molecule has 210 valence electrons. The molecule has 0 unspecified atom stereocenters. The lowest BCUT2D eigenvalue weighted by Crippen LogP contribution is -2.08. The third-order valence-corrected chi connectivity index (χ3v) is 7.41. The summed E-state index contributed by atoms with van der Waals surface area (Å²) in [6.45, 7) is 0. The van der Waals surface area contributed by atoms with Crippen molar-refractivity contribution in [3.05, 3.63) is 107 Å². The molecule has 2 aromatic carbocycles. The van der Waals surface area contributed by atoms with Crippen molar-refractivity contribution in [2.45, 2.75) is 50.4 Å². The zero-order valence-corrected chi connectivity index (χ0v) is 22.6. The summed E-state index contributed by atoms with van der Waals surface area (Å²) in [4.78, 5) is 30.0. The zero-order valence-electron chi connectivity index (χ0n) is 22.6. The van der Waals surface area contributed by atoms with Crippen LogP contribution >= 0.6 is 0 Å². The topological polar surface area (TPSA) is 89.4 Å². The predicted octanol–water partition coefficient (Wildman–Crippen LogP) is 6.87. The molecular formula is C33H30F2N2O4. The number of esters is 1. The van der Waals surface area contributed by atoms with Gasteiger partial charge in [-0.05, 0) is 94.2 Å². The van der Waals surface area contributed by atoms with Crippen molar-refractivity contribution in [1.29, 1.82) is 0 Å². The lowest BCUT2D eigenvalue weighted by atomic mass is 9.91. The number of hydrogen-bond acceptors (Lipinski definition) is 5. The zero-order chi connectivity index (χ0) is 28.9. The maximum absolute atomic E-state index is 13.4. The summed E-state index contributed by atoms with van der Waals surface area (Å²) in [5.41, 5.74) is 7.09. The van der Waals surface area contributed by atoms with E-state index in [9.17, 15) is 18.4 Å². The van der Waals surface area contributed by atoms with Crippen molar-refractivity contribution >= 4 is 11.9 Å². The van der Waals surface area contributed by atoms with Gasteiger partial charge in [-0.3, -0.25) is 9.59 Å². The van der Waals surface area contributed by atoms with Gasteiger partial charge in [-0.25, -0.2) is 9.97 Å². The van der Waals surface area contributed by atoms with Crippen LogP contribution in [0.1, 0.15) is 59.8 Å². The molecule has 8 heteroatoms. The van der Waals surface area contributed by atoms with E-state index in [0.717, 1.165) is 59.1 Å². The number of halogens is 2. The van der Waals surface area contributed by atoms with Crippen LogP contribution < -0.4 is 0 Å². The Bertz CT molecular complexity index is 1580. The first-order valence-corrected chi connectivity index (χ1v) is 13.6. The van der Waals surface area contributed by atoms with Crippen molar-refractivity contribution in [2.75, 3.05) is 7.11 Å². The number of hydrogen-bond donors (Lipinski definition) is 1. The second-order valence-electron chi connectivity index (χ2n) is 10.4.